The maximum atomic E-state index is 11.1. The molecule has 1 aromatic heterocycles. The van der Waals surface area contributed by atoms with Crippen molar-refractivity contribution < 1.29 is 14.6 Å². The van der Waals surface area contributed by atoms with Gasteiger partial charge in [0.1, 0.15) is 12.4 Å². The Labute approximate surface area is 181 Å². The number of hydrogen-bond acceptors (Lipinski definition) is 4. The van der Waals surface area contributed by atoms with E-state index in [1.54, 1.807) is 6.92 Å². The molecule has 0 saturated heterocycles. The number of aromatic nitrogens is 2. The number of aromatic amines is 1. The van der Waals surface area contributed by atoms with Crippen LogP contribution in [0.1, 0.15) is 47.2 Å². The first kappa shape index (κ1) is 20.7. The maximum Gasteiger partial charge on any atom is 0.304 e. The molecule has 31 heavy (non-hydrogen) atoms. The Bertz CT molecular complexity index is 1090. The number of nitrogens with zero attached hydrogens (tertiary/aromatic N) is 2. The Balaban J connectivity index is 1.33. The van der Waals surface area contributed by atoms with Gasteiger partial charge in [-0.1, -0.05) is 42.3 Å². The smallest absolute Gasteiger partial charge is 0.304 e. The molecule has 3 aromatic rings. The number of carboxylic acids is 1. The molecule has 0 radical (unpaired) electrons. The van der Waals surface area contributed by atoms with Gasteiger partial charge in [0.25, 0.3) is 0 Å². The number of carboxylic acid groups (broad SMARTS) is 1. The summed E-state index contributed by atoms with van der Waals surface area (Å²) < 4.78 is 5.95. The van der Waals surface area contributed by atoms with Crippen LogP contribution in [0.5, 0.6) is 5.75 Å². The topological polar surface area (TPSA) is 78.5 Å². The second-order valence-corrected chi connectivity index (χ2v) is 7.74. The van der Waals surface area contributed by atoms with E-state index in [9.17, 15) is 4.79 Å². The normalized spacial score (nSPS) is 13.8. The van der Waals surface area contributed by atoms with Gasteiger partial charge in [0, 0.05) is 25.2 Å². The van der Waals surface area contributed by atoms with Gasteiger partial charge in [-0.25, -0.2) is 0 Å². The molecule has 0 fully saturated rings. The molecule has 2 N–H and O–H groups in total. The highest BCUT2D eigenvalue weighted by atomic mass is 16.5. The van der Waals surface area contributed by atoms with Gasteiger partial charge >= 0.3 is 5.97 Å². The van der Waals surface area contributed by atoms with Crippen LogP contribution in [-0.2, 0) is 31.0 Å². The van der Waals surface area contributed by atoms with Crippen LogP contribution in [0.3, 0.4) is 0 Å². The molecule has 6 heteroatoms. The fourth-order valence-corrected chi connectivity index (χ4v) is 3.88. The molecular weight excluding hydrogens is 390 g/mol. The third-order valence-corrected chi connectivity index (χ3v) is 5.37. The van der Waals surface area contributed by atoms with Gasteiger partial charge < -0.3 is 9.84 Å². The van der Waals surface area contributed by atoms with Crippen molar-refractivity contribution >= 4 is 5.97 Å². The Morgan fingerprint density at radius 1 is 1.23 bits per heavy atom. The number of carbonyl (C=O) groups is 1. The van der Waals surface area contributed by atoms with Crippen LogP contribution in [0.25, 0.3) is 0 Å². The first-order chi connectivity index (χ1) is 15.1. The lowest BCUT2D eigenvalue weighted by Crippen LogP contribution is -2.16. The summed E-state index contributed by atoms with van der Waals surface area (Å²) in [5.41, 5.74) is 5.74. The SMILES string of the molecule is CC#C[C@@H](CC(=O)O)c1ccc(OCc2cccc(CN3Cc4cn[nH]c4C3)c2)cc1. The molecule has 2 aromatic carbocycles. The molecule has 158 valence electrons. The summed E-state index contributed by atoms with van der Waals surface area (Å²) >= 11 is 0. The molecule has 0 bridgehead atoms. The van der Waals surface area contributed by atoms with Crippen LogP contribution < -0.4 is 4.74 Å². The van der Waals surface area contributed by atoms with E-state index in [0.717, 1.165) is 36.5 Å². The van der Waals surface area contributed by atoms with E-state index in [0.29, 0.717) is 6.61 Å². The lowest BCUT2D eigenvalue weighted by Gasteiger charge is -2.16. The number of nitrogens with one attached hydrogen (secondary N) is 1. The van der Waals surface area contributed by atoms with Gasteiger partial charge in [0.2, 0.25) is 0 Å². The van der Waals surface area contributed by atoms with Crippen molar-refractivity contribution in [3.05, 3.63) is 82.7 Å². The standard InChI is InChI=1S/C25H25N3O3/c1-2-4-21(12-25(29)30)20-7-9-23(10-8-20)31-17-19-6-3-5-18(11-19)14-28-15-22-13-26-27-24(22)16-28/h3,5-11,13,21H,12,14-17H2,1H3,(H,26,27)(H,29,30)/t21-/m0/s1. The average molecular weight is 415 g/mol. The summed E-state index contributed by atoms with van der Waals surface area (Å²) in [6.07, 6.45) is 1.90. The van der Waals surface area contributed by atoms with Crippen molar-refractivity contribution in [2.24, 2.45) is 0 Å². The van der Waals surface area contributed by atoms with E-state index in [-0.39, 0.29) is 12.3 Å². The highest BCUT2D eigenvalue weighted by Gasteiger charge is 2.20. The molecule has 1 atom stereocenters. The zero-order valence-corrected chi connectivity index (χ0v) is 17.5. The van der Waals surface area contributed by atoms with Crippen molar-refractivity contribution in [3.63, 3.8) is 0 Å². The third kappa shape index (κ3) is 5.33. The number of ether oxygens (including phenoxy) is 1. The predicted molar refractivity (Wildman–Crippen MR) is 117 cm³/mol. The Kier molecular flexibility index (Phi) is 6.34. The van der Waals surface area contributed by atoms with Gasteiger partial charge in [-0.2, -0.15) is 5.10 Å². The molecule has 0 spiro atoms. The Hall–Kier alpha value is -3.56. The van der Waals surface area contributed by atoms with Crippen molar-refractivity contribution in [1.29, 1.82) is 0 Å². The van der Waals surface area contributed by atoms with Crippen LogP contribution >= 0.6 is 0 Å². The Morgan fingerprint density at radius 2 is 2.03 bits per heavy atom. The molecule has 6 nitrogen and oxygen atoms in total. The van der Waals surface area contributed by atoms with Gasteiger partial charge in [0.05, 0.1) is 24.2 Å². The second-order valence-electron chi connectivity index (χ2n) is 7.74. The molecule has 0 amide bonds. The summed E-state index contributed by atoms with van der Waals surface area (Å²) in [6, 6.07) is 16.0. The van der Waals surface area contributed by atoms with Crippen LogP contribution in [-0.4, -0.2) is 26.2 Å². The van der Waals surface area contributed by atoms with E-state index in [2.05, 4.69) is 51.2 Å². The molecule has 1 aliphatic rings. The van der Waals surface area contributed by atoms with Crippen LogP contribution in [0, 0.1) is 11.8 Å². The molecule has 2 heterocycles. The van der Waals surface area contributed by atoms with E-state index in [1.807, 2.05) is 30.5 Å². The predicted octanol–water partition coefficient (Wildman–Crippen LogP) is 4.09. The lowest BCUT2D eigenvalue weighted by atomic mass is 9.96. The van der Waals surface area contributed by atoms with E-state index in [1.165, 1.54) is 16.8 Å². The van der Waals surface area contributed by atoms with Crippen LogP contribution in [0.2, 0.25) is 0 Å². The summed E-state index contributed by atoms with van der Waals surface area (Å²) in [7, 11) is 0. The Morgan fingerprint density at radius 3 is 2.77 bits per heavy atom. The van der Waals surface area contributed by atoms with Gasteiger partial charge in [-0.3, -0.25) is 14.8 Å². The van der Waals surface area contributed by atoms with E-state index < -0.39 is 5.97 Å². The highest BCUT2D eigenvalue weighted by molar-refractivity contribution is 5.69. The maximum absolute atomic E-state index is 11.1. The number of aliphatic carboxylic acids is 1. The minimum absolute atomic E-state index is 0.00772. The van der Waals surface area contributed by atoms with Gasteiger partial charge in [-0.15, -0.1) is 5.92 Å². The molecule has 0 unspecified atom stereocenters. The van der Waals surface area contributed by atoms with Crippen molar-refractivity contribution in [1.82, 2.24) is 15.1 Å². The zero-order chi connectivity index (χ0) is 21.6. The van der Waals surface area contributed by atoms with E-state index >= 15 is 0 Å². The summed E-state index contributed by atoms with van der Waals surface area (Å²) in [5, 5.41) is 16.2. The monoisotopic (exact) mass is 415 g/mol. The van der Waals surface area contributed by atoms with Gasteiger partial charge in [0.15, 0.2) is 0 Å². The molecule has 4 rings (SSSR count). The first-order valence-corrected chi connectivity index (χ1v) is 10.3. The largest absolute Gasteiger partial charge is 0.489 e. The van der Waals surface area contributed by atoms with Crippen molar-refractivity contribution in [2.45, 2.75) is 45.5 Å². The third-order valence-electron chi connectivity index (χ3n) is 5.37. The van der Waals surface area contributed by atoms with Gasteiger partial charge in [-0.05, 0) is 35.7 Å². The lowest BCUT2D eigenvalue weighted by molar-refractivity contribution is -0.137. The highest BCUT2D eigenvalue weighted by Crippen LogP contribution is 2.24. The zero-order valence-electron chi connectivity index (χ0n) is 17.5. The second kappa shape index (κ2) is 9.50. The van der Waals surface area contributed by atoms with E-state index in [4.69, 9.17) is 9.84 Å². The molecule has 0 saturated carbocycles. The number of fused-ring (bicyclic) bond motifs is 1. The summed E-state index contributed by atoms with van der Waals surface area (Å²) in [5.74, 6) is 5.37. The minimum atomic E-state index is -0.855. The number of rotatable bonds is 8. The number of hydrogen-bond donors (Lipinski definition) is 2. The minimum Gasteiger partial charge on any atom is -0.489 e. The van der Waals surface area contributed by atoms with Crippen LogP contribution in [0.15, 0.2) is 54.7 Å². The molecular formula is C25H25N3O3. The quantitative estimate of drug-likeness (QED) is 0.542. The average Bonchev–Trinajstić information content (AvgIpc) is 3.34. The summed E-state index contributed by atoms with van der Waals surface area (Å²) in [4.78, 5) is 13.4. The fourth-order valence-electron chi connectivity index (χ4n) is 3.88. The first-order valence-electron chi connectivity index (χ1n) is 10.3. The van der Waals surface area contributed by atoms with Crippen LogP contribution in [0.4, 0.5) is 0 Å². The molecule has 0 aliphatic carbocycles. The van der Waals surface area contributed by atoms with Crippen molar-refractivity contribution in [2.75, 3.05) is 0 Å². The number of benzene rings is 2. The molecule has 1 aliphatic heterocycles. The fraction of sp³-hybridized carbons (Fsp3) is 0.280. The summed E-state index contributed by atoms with van der Waals surface area (Å²) in [6.45, 7) is 4.90. The number of H-pyrrole nitrogens is 1. The van der Waals surface area contributed by atoms with Crippen molar-refractivity contribution in [3.8, 4) is 17.6 Å².